The van der Waals surface area contributed by atoms with E-state index in [9.17, 15) is 9.59 Å². The van der Waals surface area contributed by atoms with E-state index in [-0.39, 0.29) is 18.1 Å². The highest BCUT2D eigenvalue weighted by molar-refractivity contribution is 5.94. The molecule has 0 saturated carbocycles. The van der Waals surface area contributed by atoms with Crippen LogP contribution in [0.1, 0.15) is 12.0 Å². The molecule has 0 aliphatic carbocycles. The Bertz CT molecular complexity index is 1300. The number of hydrogen-bond donors (Lipinski definition) is 0. The lowest BCUT2D eigenvalue weighted by Gasteiger charge is -2.29. The topological polar surface area (TPSA) is 73.8 Å². The molecule has 4 aromatic rings. The normalized spacial score (nSPS) is 13.8. The Morgan fingerprint density at radius 3 is 2.70 bits per heavy atom. The maximum Gasteiger partial charge on any atom is 0.352 e. The first-order chi connectivity index (χ1) is 14.7. The molecule has 1 aliphatic heterocycles. The van der Waals surface area contributed by atoms with Crippen LogP contribution < -0.4 is 10.6 Å². The fourth-order valence-electron chi connectivity index (χ4n) is 4.28. The zero-order chi connectivity index (χ0) is 20.7. The molecule has 0 radical (unpaired) electrons. The van der Waals surface area contributed by atoms with Gasteiger partial charge in [0, 0.05) is 25.9 Å². The summed E-state index contributed by atoms with van der Waals surface area (Å²) >= 11 is 0. The zero-order valence-corrected chi connectivity index (χ0v) is 16.8. The van der Waals surface area contributed by atoms with Crippen LogP contribution in [-0.4, -0.2) is 44.9 Å². The SMILES string of the molecule is COCCn1c2ccccc2n2c(=O)n(CC(=O)N3CCCc4ccccc43)nc12. The molecule has 3 heterocycles. The number of para-hydroxylation sites is 3. The van der Waals surface area contributed by atoms with Crippen molar-refractivity contribution in [3.63, 3.8) is 0 Å². The van der Waals surface area contributed by atoms with Crippen molar-refractivity contribution in [3.05, 3.63) is 64.6 Å². The number of imidazole rings is 1. The second kappa shape index (κ2) is 7.46. The highest BCUT2D eigenvalue weighted by Gasteiger charge is 2.24. The molecule has 0 bridgehead atoms. The Kier molecular flexibility index (Phi) is 4.63. The quantitative estimate of drug-likeness (QED) is 0.510. The van der Waals surface area contributed by atoms with Crippen molar-refractivity contribution in [1.82, 2.24) is 18.7 Å². The van der Waals surface area contributed by atoms with E-state index in [1.165, 1.54) is 4.68 Å². The summed E-state index contributed by atoms with van der Waals surface area (Å²) in [6, 6.07) is 15.6. The minimum absolute atomic E-state index is 0.0898. The number of aryl methyl sites for hydroxylation is 1. The van der Waals surface area contributed by atoms with Crippen LogP contribution in [0.15, 0.2) is 53.3 Å². The predicted molar refractivity (Wildman–Crippen MR) is 114 cm³/mol. The number of nitrogens with zero attached hydrogens (tertiary/aromatic N) is 5. The second-order valence-corrected chi connectivity index (χ2v) is 7.49. The van der Waals surface area contributed by atoms with Gasteiger partial charge in [-0.1, -0.05) is 30.3 Å². The van der Waals surface area contributed by atoms with Crippen LogP contribution in [0.5, 0.6) is 0 Å². The smallest absolute Gasteiger partial charge is 0.352 e. The molecule has 5 rings (SSSR count). The summed E-state index contributed by atoms with van der Waals surface area (Å²) in [5.74, 6) is 0.392. The lowest BCUT2D eigenvalue weighted by Crippen LogP contribution is -2.39. The lowest BCUT2D eigenvalue weighted by molar-refractivity contribution is -0.119. The Hall–Kier alpha value is -3.39. The first kappa shape index (κ1) is 18.6. The summed E-state index contributed by atoms with van der Waals surface area (Å²) in [5, 5.41) is 4.52. The van der Waals surface area contributed by atoms with Gasteiger partial charge in [0.05, 0.1) is 17.6 Å². The van der Waals surface area contributed by atoms with Crippen LogP contribution in [0, 0.1) is 0 Å². The van der Waals surface area contributed by atoms with Crippen molar-refractivity contribution in [2.45, 2.75) is 25.9 Å². The average Bonchev–Trinajstić information content (AvgIpc) is 3.26. The van der Waals surface area contributed by atoms with E-state index in [0.29, 0.717) is 25.5 Å². The van der Waals surface area contributed by atoms with E-state index in [1.54, 1.807) is 16.4 Å². The number of ether oxygens (including phenoxy) is 1. The maximum absolute atomic E-state index is 13.1. The molecule has 0 spiro atoms. The van der Waals surface area contributed by atoms with Gasteiger partial charge in [0.2, 0.25) is 11.7 Å². The van der Waals surface area contributed by atoms with Crippen LogP contribution in [-0.2, 0) is 29.0 Å². The molecule has 0 unspecified atom stereocenters. The first-order valence-electron chi connectivity index (χ1n) is 10.1. The first-order valence-corrected chi connectivity index (χ1v) is 10.1. The molecule has 30 heavy (non-hydrogen) atoms. The summed E-state index contributed by atoms with van der Waals surface area (Å²) < 4.78 is 10.0. The molecule has 8 heteroatoms. The van der Waals surface area contributed by atoms with Gasteiger partial charge in [-0.2, -0.15) is 0 Å². The number of methoxy groups -OCH3 is 1. The third kappa shape index (κ3) is 2.91. The van der Waals surface area contributed by atoms with Gasteiger partial charge in [-0.3, -0.25) is 4.79 Å². The van der Waals surface area contributed by atoms with Crippen molar-refractivity contribution < 1.29 is 9.53 Å². The number of carbonyl (C=O) groups is 1. The Morgan fingerprint density at radius 2 is 1.87 bits per heavy atom. The number of aromatic nitrogens is 4. The molecule has 1 aliphatic rings. The third-order valence-corrected chi connectivity index (χ3v) is 5.69. The molecule has 0 atom stereocenters. The lowest BCUT2D eigenvalue weighted by atomic mass is 10.0. The monoisotopic (exact) mass is 405 g/mol. The molecule has 8 nitrogen and oxygen atoms in total. The molecule has 154 valence electrons. The molecular weight excluding hydrogens is 382 g/mol. The van der Waals surface area contributed by atoms with Crippen molar-refractivity contribution >= 4 is 28.4 Å². The molecule has 1 amide bonds. The van der Waals surface area contributed by atoms with E-state index in [4.69, 9.17) is 4.74 Å². The van der Waals surface area contributed by atoms with E-state index in [1.807, 2.05) is 47.0 Å². The Balaban J connectivity index is 1.54. The summed E-state index contributed by atoms with van der Waals surface area (Å²) in [6.45, 7) is 1.63. The maximum atomic E-state index is 13.1. The molecule has 0 saturated heterocycles. The molecule has 0 N–H and O–H groups in total. The van der Waals surface area contributed by atoms with Crippen LogP contribution in [0.25, 0.3) is 16.8 Å². The van der Waals surface area contributed by atoms with Crippen molar-refractivity contribution in [2.24, 2.45) is 0 Å². The second-order valence-electron chi connectivity index (χ2n) is 7.49. The summed E-state index contributed by atoms with van der Waals surface area (Å²) in [7, 11) is 1.64. The number of amides is 1. The van der Waals surface area contributed by atoms with Crippen LogP contribution in [0.4, 0.5) is 5.69 Å². The van der Waals surface area contributed by atoms with E-state index >= 15 is 0 Å². The number of carbonyl (C=O) groups excluding carboxylic acids is 1. The molecule has 2 aromatic carbocycles. The van der Waals surface area contributed by atoms with Gasteiger partial charge in [0.25, 0.3) is 0 Å². The zero-order valence-electron chi connectivity index (χ0n) is 16.8. The molecule has 2 aromatic heterocycles. The third-order valence-electron chi connectivity index (χ3n) is 5.69. The van der Waals surface area contributed by atoms with E-state index < -0.39 is 0 Å². The average molecular weight is 405 g/mol. The number of fused-ring (bicyclic) bond motifs is 4. The minimum Gasteiger partial charge on any atom is -0.383 e. The van der Waals surface area contributed by atoms with Gasteiger partial charge in [0.15, 0.2) is 0 Å². The predicted octanol–water partition coefficient (Wildman–Crippen LogP) is 2.08. The molecular formula is C22H23N5O3. The highest BCUT2D eigenvalue weighted by atomic mass is 16.5. The van der Waals surface area contributed by atoms with E-state index in [2.05, 4.69) is 11.2 Å². The largest absolute Gasteiger partial charge is 0.383 e. The van der Waals surface area contributed by atoms with Crippen LogP contribution >= 0.6 is 0 Å². The number of rotatable bonds is 5. The molecule has 0 fully saturated rings. The summed E-state index contributed by atoms with van der Waals surface area (Å²) in [4.78, 5) is 28.0. The summed E-state index contributed by atoms with van der Waals surface area (Å²) in [6.07, 6.45) is 1.87. The van der Waals surface area contributed by atoms with Crippen LogP contribution in [0.3, 0.4) is 0 Å². The highest BCUT2D eigenvalue weighted by Crippen LogP contribution is 2.27. The Labute approximate surface area is 172 Å². The van der Waals surface area contributed by atoms with Crippen molar-refractivity contribution in [2.75, 3.05) is 25.2 Å². The number of hydrogen-bond acceptors (Lipinski definition) is 4. The van der Waals surface area contributed by atoms with Crippen LogP contribution in [0.2, 0.25) is 0 Å². The van der Waals surface area contributed by atoms with Gasteiger partial charge in [-0.05, 0) is 36.6 Å². The fourth-order valence-corrected chi connectivity index (χ4v) is 4.28. The van der Waals surface area contributed by atoms with Gasteiger partial charge in [-0.25, -0.2) is 13.9 Å². The number of benzene rings is 2. The van der Waals surface area contributed by atoms with Gasteiger partial charge in [0.1, 0.15) is 6.54 Å². The van der Waals surface area contributed by atoms with E-state index in [0.717, 1.165) is 35.1 Å². The minimum atomic E-state index is -0.309. The Morgan fingerprint density at radius 1 is 1.10 bits per heavy atom. The van der Waals surface area contributed by atoms with Gasteiger partial charge < -0.3 is 14.2 Å². The van der Waals surface area contributed by atoms with Crippen molar-refractivity contribution in [3.8, 4) is 0 Å². The van der Waals surface area contributed by atoms with Gasteiger partial charge >= 0.3 is 5.69 Å². The fraction of sp³-hybridized carbons (Fsp3) is 0.318. The summed E-state index contributed by atoms with van der Waals surface area (Å²) in [5.41, 5.74) is 3.47. The number of anilines is 1. The van der Waals surface area contributed by atoms with Gasteiger partial charge in [-0.15, -0.1) is 5.10 Å². The standard InChI is InChI=1S/C22H23N5O3/c1-30-14-13-25-18-10-4-5-11-19(18)27-21(25)23-26(22(27)29)15-20(28)24-12-6-8-16-7-2-3-9-17(16)24/h2-5,7,9-11H,6,8,12-15H2,1H3. The van der Waals surface area contributed by atoms with Crippen molar-refractivity contribution in [1.29, 1.82) is 0 Å².